The van der Waals surface area contributed by atoms with Crippen LogP contribution in [0.4, 0.5) is 0 Å². The molecule has 0 atom stereocenters. The molecular formula is C17H12S. The molecule has 0 aliphatic carbocycles. The van der Waals surface area contributed by atoms with E-state index in [0.717, 1.165) is 5.75 Å². The molecule has 0 unspecified atom stereocenters. The molecule has 0 bridgehead atoms. The maximum absolute atomic E-state index is 2.27. The minimum atomic E-state index is 1.09. The molecule has 1 heteroatoms. The predicted molar refractivity (Wildman–Crippen MR) is 81.2 cm³/mol. The fraction of sp³-hybridized carbons (Fsp3) is 0.0588. The molecule has 1 heterocycles. The summed E-state index contributed by atoms with van der Waals surface area (Å²) in [6.07, 6.45) is 4.52. The lowest BCUT2D eigenvalue weighted by Crippen LogP contribution is -1.89. The van der Waals surface area contributed by atoms with E-state index in [9.17, 15) is 0 Å². The fourth-order valence-corrected chi connectivity index (χ4v) is 3.56. The SMILES string of the molecule is C1=Cc2c(ccc3c2ccc2ccccc23)SC1. The monoisotopic (exact) mass is 248 g/mol. The molecule has 0 saturated heterocycles. The van der Waals surface area contributed by atoms with Crippen LogP contribution in [0.25, 0.3) is 27.6 Å². The largest absolute Gasteiger partial charge is 0.121 e. The van der Waals surface area contributed by atoms with Gasteiger partial charge < -0.3 is 0 Å². The van der Waals surface area contributed by atoms with E-state index in [1.165, 1.54) is 32.0 Å². The fourth-order valence-electron chi connectivity index (χ4n) is 2.69. The van der Waals surface area contributed by atoms with E-state index in [1.807, 2.05) is 11.8 Å². The van der Waals surface area contributed by atoms with Gasteiger partial charge in [0.15, 0.2) is 0 Å². The molecular weight excluding hydrogens is 236 g/mol. The summed E-state index contributed by atoms with van der Waals surface area (Å²) in [6, 6.07) is 17.6. The highest BCUT2D eigenvalue weighted by Gasteiger charge is 2.10. The maximum atomic E-state index is 2.27. The number of hydrogen-bond acceptors (Lipinski definition) is 1. The summed E-state index contributed by atoms with van der Waals surface area (Å²) in [5, 5.41) is 5.40. The van der Waals surface area contributed by atoms with Gasteiger partial charge in [-0.05, 0) is 33.2 Å². The van der Waals surface area contributed by atoms with Gasteiger partial charge in [0.05, 0.1) is 0 Å². The summed E-state index contributed by atoms with van der Waals surface area (Å²) in [4.78, 5) is 1.40. The first-order valence-corrected chi connectivity index (χ1v) is 7.16. The Morgan fingerprint density at radius 2 is 1.67 bits per heavy atom. The number of benzene rings is 3. The van der Waals surface area contributed by atoms with E-state index in [-0.39, 0.29) is 0 Å². The van der Waals surface area contributed by atoms with Crippen molar-refractivity contribution in [2.45, 2.75) is 4.90 Å². The first kappa shape index (κ1) is 10.2. The van der Waals surface area contributed by atoms with Gasteiger partial charge in [0.25, 0.3) is 0 Å². The topological polar surface area (TPSA) is 0 Å². The minimum Gasteiger partial charge on any atom is -0.121 e. The van der Waals surface area contributed by atoms with E-state index >= 15 is 0 Å². The van der Waals surface area contributed by atoms with Gasteiger partial charge in [-0.15, -0.1) is 11.8 Å². The van der Waals surface area contributed by atoms with Crippen LogP contribution in [0.3, 0.4) is 0 Å². The quantitative estimate of drug-likeness (QED) is 0.498. The van der Waals surface area contributed by atoms with Crippen LogP contribution in [-0.2, 0) is 0 Å². The molecule has 0 saturated carbocycles. The highest BCUT2D eigenvalue weighted by atomic mass is 32.2. The summed E-state index contributed by atoms with van der Waals surface area (Å²) in [6.45, 7) is 0. The Morgan fingerprint density at radius 3 is 2.67 bits per heavy atom. The van der Waals surface area contributed by atoms with Crippen molar-refractivity contribution < 1.29 is 0 Å². The number of rotatable bonds is 0. The first-order valence-electron chi connectivity index (χ1n) is 6.17. The van der Waals surface area contributed by atoms with E-state index < -0.39 is 0 Å². The van der Waals surface area contributed by atoms with Gasteiger partial charge in [-0.2, -0.15) is 0 Å². The zero-order chi connectivity index (χ0) is 11.9. The molecule has 18 heavy (non-hydrogen) atoms. The average molecular weight is 248 g/mol. The second-order valence-electron chi connectivity index (χ2n) is 4.57. The third kappa shape index (κ3) is 1.41. The molecule has 4 rings (SSSR count). The molecule has 0 nitrogen and oxygen atoms in total. The van der Waals surface area contributed by atoms with Gasteiger partial charge in [-0.25, -0.2) is 0 Å². The molecule has 86 valence electrons. The van der Waals surface area contributed by atoms with Crippen molar-refractivity contribution in [3.63, 3.8) is 0 Å². The second-order valence-corrected chi connectivity index (χ2v) is 5.63. The number of hydrogen-bond donors (Lipinski definition) is 0. The molecule has 0 fully saturated rings. The van der Waals surface area contributed by atoms with Crippen molar-refractivity contribution in [1.29, 1.82) is 0 Å². The summed E-state index contributed by atoms with van der Waals surface area (Å²) in [5.74, 6) is 1.09. The Labute approximate surface area is 110 Å². The summed E-state index contributed by atoms with van der Waals surface area (Å²) in [5.41, 5.74) is 1.38. The maximum Gasteiger partial charge on any atom is 0.0164 e. The summed E-state index contributed by atoms with van der Waals surface area (Å²) < 4.78 is 0. The highest BCUT2D eigenvalue weighted by molar-refractivity contribution is 7.99. The van der Waals surface area contributed by atoms with Gasteiger partial charge in [0.1, 0.15) is 0 Å². The van der Waals surface area contributed by atoms with Crippen molar-refractivity contribution in [3.8, 4) is 0 Å². The van der Waals surface area contributed by atoms with Crippen molar-refractivity contribution in [2.24, 2.45) is 0 Å². The predicted octanol–water partition coefficient (Wildman–Crippen LogP) is 5.11. The van der Waals surface area contributed by atoms with Gasteiger partial charge in [-0.3, -0.25) is 0 Å². The van der Waals surface area contributed by atoms with E-state index in [1.54, 1.807) is 0 Å². The third-order valence-corrected chi connectivity index (χ3v) is 4.57. The Balaban J connectivity index is 2.20. The lowest BCUT2D eigenvalue weighted by Gasteiger charge is -2.14. The lowest BCUT2D eigenvalue weighted by atomic mass is 9.98. The molecule has 0 aromatic heterocycles. The van der Waals surface area contributed by atoms with Crippen LogP contribution in [0.15, 0.2) is 59.5 Å². The Bertz CT molecular complexity index is 784. The highest BCUT2D eigenvalue weighted by Crippen LogP contribution is 2.36. The smallest absolute Gasteiger partial charge is 0.0164 e. The van der Waals surface area contributed by atoms with Crippen LogP contribution < -0.4 is 0 Å². The number of fused-ring (bicyclic) bond motifs is 5. The Hall–Kier alpha value is -1.73. The van der Waals surface area contributed by atoms with E-state index in [0.29, 0.717) is 0 Å². The van der Waals surface area contributed by atoms with Crippen LogP contribution in [0.2, 0.25) is 0 Å². The molecule has 1 aliphatic heterocycles. The van der Waals surface area contributed by atoms with Crippen molar-refractivity contribution in [3.05, 3.63) is 60.2 Å². The number of thioether (sulfide) groups is 1. The van der Waals surface area contributed by atoms with Gasteiger partial charge in [0, 0.05) is 10.6 Å². The van der Waals surface area contributed by atoms with E-state index in [2.05, 4.69) is 60.7 Å². The van der Waals surface area contributed by atoms with E-state index in [4.69, 9.17) is 0 Å². The van der Waals surface area contributed by atoms with Crippen LogP contribution in [0.5, 0.6) is 0 Å². The third-order valence-electron chi connectivity index (χ3n) is 3.55. The van der Waals surface area contributed by atoms with Crippen LogP contribution in [-0.4, -0.2) is 5.75 Å². The standard InChI is InChI=1S/C17H12S/c1-2-5-13-12(4-1)7-8-15-14(13)9-10-17-16(15)6-3-11-18-17/h1-10H,11H2. The zero-order valence-electron chi connectivity index (χ0n) is 9.89. The van der Waals surface area contributed by atoms with Gasteiger partial charge in [0.2, 0.25) is 0 Å². The van der Waals surface area contributed by atoms with Crippen molar-refractivity contribution in [2.75, 3.05) is 5.75 Å². The lowest BCUT2D eigenvalue weighted by molar-refractivity contribution is 1.45. The van der Waals surface area contributed by atoms with Crippen LogP contribution >= 0.6 is 11.8 Å². The normalized spacial score (nSPS) is 14.0. The molecule has 3 aromatic carbocycles. The van der Waals surface area contributed by atoms with Crippen LogP contribution in [0.1, 0.15) is 5.56 Å². The first-order chi connectivity index (χ1) is 8.93. The Morgan fingerprint density at radius 1 is 0.778 bits per heavy atom. The molecule has 0 radical (unpaired) electrons. The van der Waals surface area contributed by atoms with Gasteiger partial charge in [-0.1, -0.05) is 54.6 Å². The minimum absolute atomic E-state index is 1.09. The van der Waals surface area contributed by atoms with Crippen molar-refractivity contribution in [1.82, 2.24) is 0 Å². The molecule has 0 spiro atoms. The summed E-state index contributed by atoms with van der Waals surface area (Å²) in [7, 11) is 0. The van der Waals surface area contributed by atoms with Crippen LogP contribution in [0, 0.1) is 0 Å². The molecule has 1 aliphatic rings. The zero-order valence-corrected chi connectivity index (χ0v) is 10.7. The van der Waals surface area contributed by atoms with Gasteiger partial charge >= 0.3 is 0 Å². The molecule has 3 aromatic rings. The Kier molecular flexibility index (Phi) is 2.21. The molecule has 0 N–H and O–H groups in total. The molecule has 0 amide bonds. The summed E-state index contributed by atoms with van der Waals surface area (Å²) >= 11 is 1.92. The average Bonchev–Trinajstić information content (AvgIpc) is 2.46. The second kappa shape index (κ2) is 3.89. The van der Waals surface area contributed by atoms with Crippen molar-refractivity contribution >= 4 is 39.4 Å².